The molecule has 9 nitrogen and oxygen atoms in total. The third-order valence-corrected chi connectivity index (χ3v) is 6.55. The zero-order valence-electron chi connectivity index (χ0n) is 18.8. The molecule has 2 aromatic rings. The Kier molecular flexibility index (Phi) is 6.75. The number of ether oxygens (including phenoxy) is 1. The minimum Gasteiger partial charge on any atom is -0.465 e. The highest BCUT2D eigenvalue weighted by atomic mass is 79.9. The molecule has 0 saturated heterocycles. The molecule has 0 spiro atoms. The quantitative estimate of drug-likeness (QED) is 0.308. The molecule has 4 rings (SSSR count). The summed E-state index contributed by atoms with van der Waals surface area (Å²) in [5.41, 5.74) is 3.29. The third-order valence-electron chi connectivity index (χ3n) is 5.78. The lowest BCUT2D eigenvalue weighted by atomic mass is 10.0. The molecule has 0 atom stereocenters. The van der Waals surface area contributed by atoms with Crippen molar-refractivity contribution in [2.75, 3.05) is 31.1 Å². The van der Waals surface area contributed by atoms with E-state index in [1.165, 1.54) is 6.07 Å². The number of amides is 2. The molecule has 0 fully saturated rings. The Bertz CT molecular complexity index is 1270. The van der Waals surface area contributed by atoms with Gasteiger partial charge in [-0.1, -0.05) is 0 Å². The molecule has 34 heavy (non-hydrogen) atoms. The number of azo groups is 1. The fourth-order valence-corrected chi connectivity index (χ4v) is 4.89. The lowest BCUT2D eigenvalue weighted by Crippen LogP contribution is -2.35. The van der Waals surface area contributed by atoms with E-state index in [1.54, 1.807) is 19.9 Å². The number of benzene rings is 2. The first kappa shape index (κ1) is 23.6. The summed E-state index contributed by atoms with van der Waals surface area (Å²) in [4.78, 5) is 40.2. The molecule has 2 aliphatic heterocycles. The Labute approximate surface area is 205 Å². The molecule has 0 aromatic heterocycles. The van der Waals surface area contributed by atoms with Crippen LogP contribution in [-0.4, -0.2) is 48.9 Å². The smallest absolute Gasteiger partial charge is 0.325 e. The molecule has 0 saturated carbocycles. The van der Waals surface area contributed by atoms with Gasteiger partial charge in [-0.05, 0) is 72.4 Å². The van der Waals surface area contributed by atoms with Crippen molar-refractivity contribution in [3.8, 4) is 6.07 Å². The van der Waals surface area contributed by atoms with Gasteiger partial charge in [0.05, 0.1) is 33.5 Å². The van der Waals surface area contributed by atoms with Crippen LogP contribution in [0.4, 0.5) is 17.1 Å². The van der Waals surface area contributed by atoms with Gasteiger partial charge in [0.2, 0.25) is 0 Å². The van der Waals surface area contributed by atoms with E-state index in [2.05, 4.69) is 26.2 Å². The Morgan fingerprint density at radius 1 is 1.21 bits per heavy atom. The van der Waals surface area contributed by atoms with Gasteiger partial charge in [0.1, 0.15) is 18.3 Å². The number of rotatable bonds is 6. The average Bonchev–Trinajstić information content (AvgIpc) is 3.07. The van der Waals surface area contributed by atoms with E-state index in [4.69, 9.17) is 4.74 Å². The molecular weight excluding hydrogens is 502 g/mol. The van der Waals surface area contributed by atoms with E-state index < -0.39 is 11.8 Å². The summed E-state index contributed by atoms with van der Waals surface area (Å²) >= 11 is 3.37. The van der Waals surface area contributed by atoms with Crippen LogP contribution < -0.4 is 4.90 Å². The first-order chi connectivity index (χ1) is 16.4. The number of nitrogens with zero attached hydrogens (tertiary/aromatic N) is 5. The highest BCUT2D eigenvalue weighted by Crippen LogP contribution is 2.40. The van der Waals surface area contributed by atoms with Crippen molar-refractivity contribution in [1.29, 1.82) is 5.26 Å². The lowest BCUT2D eigenvalue weighted by molar-refractivity contribution is -0.141. The van der Waals surface area contributed by atoms with Gasteiger partial charge < -0.3 is 9.64 Å². The Morgan fingerprint density at radius 3 is 2.71 bits per heavy atom. The maximum absolute atomic E-state index is 12.7. The fourth-order valence-electron chi connectivity index (χ4n) is 4.22. The molecule has 0 radical (unpaired) electrons. The maximum atomic E-state index is 12.7. The van der Waals surface area contributed by atoms with Gasteiger partial charge in [0.15, 0.2) is 0 Å². The molecule has 0 unspecified atom stereocenters. The Hall–Kier alpha value is -3.58. The van der Waals surface area contributed by atoms with Crippen LogP contribution in [0.15, 0.2) is 39.0 Å². The molecule has 174 valence electrons. The van der Waals surface area contributed by atoms with Gasteiger partial charge >= 0.3 is 5.97 Å². The van der Waals surface area contributed by atoms with Crippen LogP contribution in [0.1, 0.15) is 52.1 Å². The number of carbonyl (C=O) groups excluding carboxylic acids is 3. The molecule has 2 aromatic carbocycles. The van der Waals surface area contributed by atoms with Crippen LogP contribution in [0.5, 0.6) is 0 Å². The Balaban J connectivity index is 1.65. The number of halogens is 1. The van der Waals surface area contributed by atoms with Gasteiger partial charge in [0, 0.05) is 18.8 Å². The standard InChI is InChI=1S/C24H22BrN5O4/c1-3-30-23(32)17-11-15(12-26)22(21(25)20(17)24(30)33)28-27-16-7-8-18-14(10-16)6-5-9-29(18)13-19(31)34-4-2/h7-8,10-11H,3-6,9,13H2,1-2H3/b28-27+. The SMILES string of the molecule is CCOC(=O)CN1CCCc2cc(/N=N/c3c(C#N)cc4c(c3Br)C(=O)N(CC)C4=O)ccc21. The predicted octanol–water partition coefficient (Wildman–Crippen LogP) is 4.67. The van der Waals surface area contributed by atoms with Gasteiger partial charge in [-0.2, -0.15) is 10.4 Å². The summed E-state index contributed by atoms with van der Waals surface area (Å²) in [7, 11) is 0. The van der Waals surface area contributed by atoms with Crippen molar-refractivity contribution in [2.45, 2.75) is 26.7 Å². The molecule has 0 N–H and O–H groups in total. The number of aryl methyl sites for hydroxylation is 1. The zero-order valence-corrected chi connectivity index (χ0v) is 20.4. The highest BCUT2D eigenvalue weighted by molar-refractivity contribution is 9.10. The van der Waals surface area contributed by atoms with Crippen molar-refractivity contribution < 1.29 is 19.1 Å². The van der Waals surface area contributed by atoms with Crippen molar-refractivity contribution >= 4 is 50.8 Å². The Morgan fingerprint density at radius 2 is 2.00 bits per heavy atom. The van der Waals surface area contributed by atoms with Crippen molar-refractivity contribution in [3.63, 3.8) is 0 Å². The topological polar surface area (TPSA) is 115 Å². The third kappa shape index (κ3) is 4.19. The summed E-state index contributed by atoms with van der Waals surface area (Å²) < 4.78 is 5.35. The fraction of sp³-hybridized carbons (Fsp3) is 0.333. The molecular formula is C24H22BrN5O4. The van der Waals surface area contributed by atoms with Crippen LogP contribution in [0, 0.1) is 11.3 Å². The average molecular weight is 524 g/mol. The first-order valence-electron chi connectivity index (χ1n) is 11.0. The van der Waals surface area contributed by atoms with E-state index in [0.717, 1.165) is 35.5 Å². The van der Waals surface area contributed by atoms with Crippen LogP contribution in [-0.2, 0) is 16.0 Å². The highest BCUT2D eigenvalue weighted by Gasteiger charge is 2.38. The van der Waals surface area contributed by atoms with Crippen LogP contribution in [0.3, 0.4) is 0 Å². The summed E-state index contributed by atoms with van der Waals surface area (Å²) in [6, 6.07) is 9.01. The summed E-state index contributed by atoms with van der Waals surface area (Å²) in [5, 5.41) is 18.2. The van der Waals surface area contributed by atoms with E-state index in [-0.39, 0.29) is 45.9 Å². The van der Waals surface area contributed by atoms with Crippen molar-refractivity contribution in [1.82, 2.24) is 4.90 Å². The minimum atomic E-state index is -0.426. The normalized spacial score (nSPS) is 14.9. The number of esters is 1. The lowest BCUT2D eigenvalue weighted by Gasteiger charge is -2.30. The number of fused-ring (bicyclic) bond motifs is 2. The number of hydrogen-bond acceptors (Lipinski definition) is 8. The second kappa shape index (κ2) is 9.73. The maximum Gasteiger partial charge on any atom is 0.325 e. The second-order valence-corrected chi connectivity index (χ2v) is 8.61. The van der Waals surface area contributed by atoms with Crippen LogP contribution in [0.2, 0.25) is 0 Å². The van der Waals surface area contributed by atoms with Gasteiger partial charge in [-0.3, -0.25) is 19.3 Å². The van der Waals surface area contributed by atoms with E-state index in [9.17, 15) is 19.6 Å². The zero-order chi connectivity index (χ0) is 24.4. The summed E-state index contributed by atoms with van der Waals surface area (Å²) in [6.45, 7) is 5.03. The number of nitriles is 1. The predicted molar refractivity (Wildman–Crippen MR) is 128 cm³/mol. The number of imide groups is 1. The van der Waals surface area contributed by atoms with Gasteiger partial charge in [-0.25, -0.2) is 0 Å². The van der Waals surface area contributed by atoms with Gasteiger partial charge in [-0.15, -0.1) is 5.11 Å². The monoisotopic (exact) mass is 523 g/mol. The van der Waals surface area contributed by atoms with Crippen LogP contribution >= 0.6 is 15.9 Å². The number of carbonyl (C=O) groups is 3. The summed E-state index contributed by atoms with van der Waals surface area (Å²) in [6.07, 6.45) is 1.74. The van der Waals surface area contributed by atoms with E-state index in [1.807, 2.05) is 23.1 Å². The summed E-state index contributed by atoms with van der Waals surface area (Å²) in [5.74, 6) is -1.12. The molecule has 2 aliphatic rings. The minimum absolute atomic E-state index is 0.145. The first-order valence-corrected chi connectivity index (χ1v) is 11.8. The van der Waals surface area contributed by atoms with Crippen LogP contribution in [0.25, 0.3) is 0 Å². The number of anilines is 1. The van der Waals surface area contributed by atoms with Crippen molar-refractivity contribution in [2.24, 2.45) is 10.2 Å². The molecule has 10 heteroatoms. The molecule has 0 aliphatic carbocycles. The van der Waals surface area contributed by atoms with E-state index >= 15 is 0 Å². The van der Waals surface area contributed by atoms with E-state index in [0.29, 0.717) is 12.3 Å². The molecule has 2 heterocycles. The number of hydrogen-bond donors (Lipinski definition) is 0. The largest absolute Gasteiger partial charge is 0.465 e. The molecule has 2 amide bonds. The van der Waals surface area contributed by atoms with Crippen molar-refractivity contribution in [3.05, 3.63) is 51.0 Å². The second-order valence-electron chi connectivity index (χ2n) is 7.82. The van der Waals surface area contributed by atoms with Gasteiger partial charge in [0.25, 0.3) is 11.8 Å². The molecule has 0 bridgehead atoms.